The van der Waals surface area contributed by atoms with Crippen molar-refractivity contribution in [3.8, 4) is 0 Å². The number of aromatic nitrogens is 1. The minimum absolute atomic E-state index is 0.477. The largest absolute Gasteiger partial charge is 0.345 e. The first-order valence-corrected chi connectivity index (χ1v) is 5.73. The number of aryl methyl sites for hydroxylation is 1. The van der Waals surface area contributed by atoms with Gasteiger partial charge < -0.3 is 4.57 Å². The van der Waals surface area contributed by atoms with E-state index in [0.717, 1.165) is 0 Å². The van der Waals surface area contributed by atoms with Gasteiger partial charge in [0.15, 0.2) is 0 Å². The molecule has 1 aliphatic heterocycles. The molecule has 3 rings (SSSR count). The van der Waals surface area contributed by atoms with Crippen LogP contribution in [0.5, 0.6) is 0 Å². The zero-order valence-corrected chi connectivity index (χ0v) is 9.46. The van der Waals surface area contributed by atoms with Crippen molar-refractivity contribution in [2.75, 3.05) is 0 Å². The number of hydrogen-bond donors (Lipinski definition) is 0. The van der Waals surface area contributed by atoms with E-state index in [-0.39, 0.29) is 0 Å². The van der Waals surface area contributed by atoms with Crippen molar-refractivity contribution in [3.05, 3.63) is 36.0 Å². The first-order valence-electron chi connectivity index (χ1n) is 5.73. The van der Waals surface area contributed by atoms with Crippen molar-refractivity contribution in [2.45, 2.75) is 33.2 Å². The summed E-state index contributed by atoms with van der Waals surface area (Å²) in [7, 11) is 0. The first-order chi connectivity index (χ1) is 7.16. The Bertz CT molecular complexity index is 505. The summed E-state index contributed by atoms with van der Waals surface area (Å²) in [6.45, 7) is 5.91. The average Bonchev–Trinajstić information content (AvgIpc) is 2.52. The maximum atomic E-state index is 2.49. The number of para-hydroxylation sites is 1. The fourth-order valence-electron chi connectivity index (χ4n) is 2.67. The summed E-state index contributed by atoms with van der Waals surface area (Å²) in [4.78, 5) is 0. The van der Waals surface area contributed by atoms with Crippen LogP contribution in [0.3, 0.4) is 0 Å². The molecule has 0 bridgehead atoms. The molecule has 0 spiro atoms. The van der Waals surface area contributed by atoms with E-state index in [4.69, 9.17) is 0 Å². The van der Waals surface area contributed by atoms with Crippen molar-refractivity contribution < 1.29 is 0 Å². The monoisotopic (exact) mass is 199 g/mol. The van der Waals surface area contributed by atoms with E-state index >= 15 is 0 Å². The lowest BCUT2D eigenvalue weighted by Crippen LogP contribution is -2.25. The highest BCUT2D eigenvalue weighted by Gasteiger charge is 2.26. The van der Waals surface area contributed by atoms with Gasteiger partial charge in [0.05, 0.1) is 0 Å². The molecule has 1 aromatic carbocycles. The second-order valence-corrected chi connectivity index (χ2v) is 5.44. The molecule has 1 heteroatoms. The number of benzene rings is 1. The van der Waals surface area contributed by atoms with Gasteiger partial charge in [-0.1, -0.05) is 32.0 Å². The fourth-order valence-corrected chi connectivity index (χ4v) is 2.67. The van der Waals surface area contributed by atoms with E-state index in [9.17, 15) is 0 Å². The van der Waals surface area contributed by atoms with Crippen LogP contribution in [0.15, 0.2) is 30.3 Å². The van der Waals surface area contributed by atoms with E-state index in [1.807, 2.05) is 0 Å². The molecule has 0 saturated heterocycles. The molecule has 0 N–H and O–H groups in total. The number of hydrogen-bond acceptors (Lipinski definition) is 0. The second-order valence-electron chi connectivity index (χ2n) is 5.44. The summed E-state index contributed by atoms with van der Waals surface area (Å²) in [5, 5.41) is 1.39. The van der Waals surface area contributed by atoms with Crippen molar-refractivity contribution in [1.29, 1.82) is 0 Å². The Morgan fingerprint density at radius 1 is 1.20 bits per heavy atom. The van der Waals surface area contributed by atoms with Gasteiger partial charge in [0, 0.05) is 17.8 Å². The zero-order valence-electron chi connectivity index (χ0n) is 9.46. The van der Waals surface area contributed by atoms with Gasteiger partial charge in [-0.05, 0) is 35.8 Å². The maximum Gasteiger partial charge on any atom is 0.0482 e. The van der Waals surface area contributed by atoms with Crippen LogP contribution in [0, 0.1) is 5.41 Å². The predicted molar refractivity (Wildman–Crippen MR) is 64.0 cm³/mol. The number of fused-ring (bicyclic) bond motifs is 3. The summed E-state index contributed by atoms with van der Waals surface area (Å²) in [5.41, 5.74) is 3.39. The molecule has 1 nitrogen and oxygen atoms in total. The van der Waals surface area contributed by atoms with E-state index in [2.05, 4.69) is 48.7 Å². The van der Waals surface area contributed by atoms with Crippen LogP contribution in [0.4, 0.5) is 0 Å². The second kappa shape index (κ2) is 2.88. The highest BCUT2D eigenvalue weighted by atomic mass is 15.0. The van der Waals surface area contributed by atoms with Crippen molar-refractivity contribution in [3.63, 3.8) is 0 Å². The molecular formula is C14H17N. The molecular weight excluding hydrogens is 182 g/mol. The lowest BCUT2D eigenvalue weighted by Gasteiger charge is -2.31. The molecule has 78 valence electrons. The van der Waals surface area contributed by atoms with Crippen LogP contribution >= 0.6 is 0 Å². The molecule has 1 aromatic heterocycles. The van der Waals surface area contributed by atoms with Crippen LogP contribution < -0.4 is 0 Å². The van der Waals surface area contributed by atoms with Gasteiger partial charge >= 0.3 is 0 Å². The van der Waals surface area contributed by atoms with Gasteiger partial charge in [-0.2, -0.15) is 0 Å². The summed E-state index contributed by atoms with van der Waals surface area (Å²) >= 11 is 0. The van der Waals surface area contributed by atoms with Crippen molar-refractivity contribution >= 4 is 10.9 Å². The number of nitrogens with zero attached hydrogens (tertiary/aromatic N) is 1. The Hall–Kier alpha value is -1.24. The van der Waals surface area contributed by atoms with Crippen LogP contribution in [0.1, 0.15) is 26.0 Å². The smallest absolute Gasteiger partial charge is 0.0482 e. The summed E-state index contributed by atoms with van der Waals surface area (Å²) in [6, 6.07) is 11.1. The van der Waals surface area contributed by atoms with Crippen LogP contribution in [-0.2, 0) is 13.0 Å². The molecule has 0 aliphatic carbocycles. The Labute approximate surface area is 90.7 Å². The zero-order chi connectivity index (χ0) is 10.5. The van der Waals surface area contributed by atoms with Gasteiger partial charge in [0.2, 0.25) is 0 Å². The Kier molecular flexibility index (Phi) is 1.73. The molecule has 0 fully saturated rings. The Morgan fingerprint density at radius 3 is 2.87 bits per heavy atom. The van der Waals surface area contributed by atoms with Crippen LogP contribution in [0.2, 0.25) is 0 Å². The topological polar surface area (TPSA) is 4.93 Å². The molecule has 0 atom stereocenters. The van der Waals surface area contributed by atoms with Gasteiger partial charge in [-0.15, -0.1) is 0 Å². The SMILES string of the molecule is CC1(C)CCn2c(cc3ccccc32)C1. The standard InChI is InChI=1S/C14H17N/c1-14(2)7-8-15-12(10-14)9-11-5-3-4-6-13(11)15/h3-6,9H,7-8,10H2,1-2H3. The third-order valence-corrected chi connectivity index (χ3v) is 3.57. The molecule has 1 aliphatic rings. The fraction of sp³-hybridized carbons (Fsp3) is 0.429. The minimum atomic E-state index is 0.477. The highest BCUT2D eigenvalue weighted by molar-refractivity contribution is 5.81. The quantitative estimate of drug-likeness (QED) is 0.610. The highest BCUT2D eigenvalue weighted by Crippen LogP contribution is 2.34. The average molecular weight is 199 g/mol. The van der Waals surface area contributed by atoms with E-state index < -0.39 is 0 Å². The summed E-state index contributed by atoms with van der Waals surface area (Å²) in [5.74, 6) is 0. The Morgan fingerprint density at radius 2 is 2.00 bits per heavy atom. The third-order valence-electron chi connectivity index (χ3n) is 3.57. The maximum absolute atomic E-state index is 2.49. The van der Waals surface area contributed by atoms with E-state index in [1.54, 1.807) is 0 Å². The third kappa shape index (κ3) is 1.38. The number of rotatable bonds is 0. The molecule has 2 heterocycles. The van der Waals surface area contributed by atoms with Crippen LogP contribution in [0.25, 0.3) is 10.9 Å². The minimum Gasteiger partial charge on any atom is -0.345 e. The van der Waals surface area contributed by atoms with E-state index in [1.165, 1.54) is 36.0 Å². The summed E-state index contributed by atoms with van der Waals surface area (Å²) < 4.78 is 2.49. The lowest BCUT2D eigenvalue weighted by molar-refractivity contribution is 0.275. The molecule has 0 saturated carbocycles. The lowest BCUT2D eigenvalue weighted by atomic mass is 9.82. The van der Waals surface area contributed by atoms with Crippen molar-refractivity contribution in [1.82, 2.24) is 4.57 Å². The van der Waals surface area contributed by atoms with Gasteiger partial charge in [0.1, 0.15) is 0 Å². The van der Waals surface area contributed by atoms with Crippen molar-refractivity contribution in [2.24, 2.45) is 5.41 Å². The molecule has 0 amide bonds. The van der Waals surface area contributed by atoms with Gasteiger partial charge in [-0.25, -0.2) is 0 Å². The van der Waals surface area contributed by atoms with Gasteiger partial charge in [-0.3, -0.25) is 0 Å². The van der Waals surface area contributed by atoms with E-state index in [0.29, 0.717) is 5.41 Å². The Balaban J connectivity index is 2.20. The molecule has 2 aromatic rings. The van der Waals surface area contributed by atoms with Crippen LogP contribution in [-0.4, -0.2) is 4.57 Å². The molecule has 0 unspecified atom stereocenters. The normalized spacial score (nSPS) is 19.1. The predicted octanol–water partition coefficient (Wildman–Crippen LogP) is 3.61. The van der Waals surface area contributed by atoms with Gasteiger partial charge in [0.25, 0.3) is 0 Å². The molecule has 0 radical (unpaired) electrons. The molecule has 15 heavy (non-hydrogen) atoms. The summed E-state index contributed by atoms with van der Waals surface area (Å²) in [6.07, 6.45) is 2.50. The first kappa shape index (κ1) is 9.02.